The molecule has 0 bridgehead atoms. The lowest BCUT2D eigenvalue weighted by molar-refractivity contribution is -0.127. The second kappa shape index (κ2) is 9.62. The SMILES string of the molecule is C=CC(=O)N1CCCC(NC(=O)c2sc3nccc4c3c2NC(=O)N4c2cccc(OC(C)C)c2)C1. The van der Waals surface area contributed by atoms with E-state index in [4.69, 9.17) is 4.74 Å². The van der Waals surface area contributed by atoms with Crippen molar-refractivity contribution >= 4 is 56.5 Å². The Kier molecular flexibility index (Phi) is 6.36. The molecule has 1 atom stereocenters. The Hall–Kier alpha value is -3.92. The van der Waals surface area contributed by atoms with Crippen LogP contribution in [0.2, 0.25) is 0 Å². The predicted molar refractivity (Wildman–Crippen MR) is 140 cm³/mol. The Morgan fingerprint density at radius 2 is 2.17 bits per heavy atom. The third kappa shape index (κ3) is 4.39. The molecule has 1 fully saturated rings. The van der Waals surface area contributed by atoms with Crippen LogP contribution in [0.4, 0.5) is 21.9 Å². The molecule has 2 aromatic heterocycles. The molecular weight excluding hydrogens is 478 g/mol. The minimum absolute atomic E-state index is 0.00116. The summed E-state index contributed by atoms with van der Waals surface area (Å²) in [5.74, 6) is 0.223. The molecule has 2 N–H and O–H groups in total. The standard InChI is InChI=1S/C26H27N5O4S/c1-4-20(32)30-12-6-7-16(14-30)28-24(33)23-22-21-19(10-11-27-25(21)36-23)31(26(34)29-22)17-8-5-9-18(13-17)35-15(2)3/h4-5,8-11,13,15-16H,1,6-7,12,14H2,2-3H3,(H,28,33)(H,29,34). The molecule has 10 heteroatoms. The van der Waals surface area contributed by atoms with Gasteiger partial charge in [0.05, 0.1) is 28.6 Å². The Labute approximate surface area is 212 Å². The summed E-state index contributed by atoms with van der Waals surface area (Å²) in [7, 11) is 0. The molecule has 5 rings (SSSR count). The van der Waals surface area contributed by atoms with E-state index >= 15 is 0 Å². The van der Waals surface area contributed by atoms with E-state index in [0.29, 0.717) is 45.6 Å². The first-order valence-electron chi connectivity index (χ1n) is 11.9. The van der Waals surface area contributed by atoms with Gasteiger partial charge in [-0.25, -0.2) is 9.78 Å². The lowest BCUT2D eigenvalue weighted by Gasteiger charge is -2.32. The average molecular weight is 506 g/mol. The summed E-state index contributed by atoms with van der Waals surface area (Å²) in [6, 6.07) is 8.56. The average Bonchev–Trinajstić information content (AvgIpc) is 3.23. The van der Waals surface area contributed by atoms with Gasteiger partial charge in [-0.1, -0.05) is 12.6 Å². The number of ether oxygens (including phenoxy) is 1. The summed E-state index contributed by atoms with van der Waals surface area (Å²) in [5.41, 5.74) is 1.76. The number of anilines is 3. The lowest BCUT2D eigenvalue weighted by atomic mass is 10.1. The zero-order valence-corrected chi connectivity index (χ0v) is 20.9. The van der Waals surface area contributed by atoms with Crippen LogP contribution in [-0.2, 0) is 4.79 Å². The van der Waals surface area contributed by atoms with Crippen molar-refractivity contribution in [2.24, 2.45) is 0 Å². The van der Waals surface area contributed by atoms with Gasteiger partial charge in [-0.05, 0) is 51.0 Å². The van der Waals surface area contributed by atoms with Gasteiger partial charge in [-0.3, -0.25) is 14.5 Å². The van der Waals surface area contributed by atoms with Gasteiger partial charge in [0.1, 0.15) is 15.5 Å². The van der Waals surface area contributed by atoms with Gasteiger partial charge in [0.15, 0.2) is 0 Å². The van der Waals surface area contributed by atoms with Crippen LogP contribution in [0.15, 0.2) is 49.2 Å². The van der Waals surface area contributed by atoms with Crippen molar-refractivity contribution in [1.29, 1.82) is 0 Å². The van der Waals surface area contributed by atoms with Crippen molar-refractivity contribution in [1.82, 2.24) is 15.2 Å². The van der Waals surface area contributed by atoms with Crippen LogP contribution < -0.4 is 20.3 Å². The number of urea groups is 1. The van der Waals surface area contributed by atoms with Crippen LogP contribution >= 0.6 is 11.3 Å². The molecule has 3 aromatic rings. The molecule has 2 aliphatic rings. The summed E-state index contributed by atoms with van der Waals surface area (Å²) in [5, 5.41) is 6.67. The number of carbonyl (C=O) groups is 3. The summed E-state index contributed by atoms with van der Waals surface area (Å²) in [6.07, 6.45) is 4.49. The topological polar surface area (TPSA) is 104 Å². The third-order valence-electron chi connectivity index (χ3n) is 6.14. The van der Waals surface area contributed by atoms with Gasteiger partial charge in [-0.15, -0.1) is 11.3 Å². The molecule has 9 nitrogen and oxygen atoms in total. The number of thiophene rings is 1. The molecule has 1 saturated heterocycles. The number of aromatic nitrogens is 1. The van der Waals surface area contributed by atoms with Crippen LogP contribution in [0.3, 0.4) is 0 Å². The van der Waals surface area contributed by atoms with Crippen molar-refractivity contribution in [3.05, 3.63) is 54.1 Å². The quantitative estimate of drug-likeness (QED) is 0.474. The number of nitrogens with zero attached hydrogens (tertiary/aromatic N) is 3. The van der Waals surface area contributed by atoms with Crippen LogP contribution in [0.1, 0.15) is 36.4 Å². The largest absolute Gasteiger partial charge is 0.491 e. The van der Waals surface area contributed by atoms with Gasteiger partial charge in [0.25, 0.3) is 5.91 Å². The van der Waals surface area contributed by atoms with E-state index in [-0.39, 0.29) is 30.0 Å². The van der Waals surface area contributed by atoms with Crippen LogP contribution in [0.5, 0.6) is 5.75 Å². The molecule has 0 saturated carbocycles. The maximum Gasteiger partial charge on any atom is 0.331 e. The summed E-state index contributed by atoms with van der Waals surface area (Å²) in [6.45, 7) is 8.51. The molecule has 36 heavy (non-hydrogen) atoms. The molecule has 0 radical (unpaired) electrons. The highest BCUT2D eigenvalue weighted by atomic mass is 32.1. The molecule has 1 unspecified atom stereocenters. The number of pyridine rings is 1. The number of rotatable bonds is 6. The number of amides is 4. The van der Waals surface area contributed by atoms with Crippen LogP contribution in [-0.4, -0.2) is 53.0 Å². The first-order valence-corrected chi connectivity index (χ1v) is 12.7. The molecule has 2 aliphatic heterocycles. The number of piperidine rings is 1. The van der Waals surface area contributed by atoms with Gasteiger partial charge in [-0.2, -0.15) is 0 Å². The van der Waals surface area contributed by atoms with E-state index in [1.807, 2.05) is 38.1 Å². The fourth-order valence-corrected chi connectivity index (χ4v) is 5.67. The second-order valence-electron chi connectivity index (χ2n) is 9.05. The highest BCUT2D eigenvalue weighted by molar-refractivity contribution is 7.21. The van der Waals surface area contributed by atoms with E-state index in [1.54, 1.807) is 22.1 Å². The number of nitrogens with one attached hydrogen (secondary N) is 2. The highest BCUT2D eigenvalue weighted by Gasteiger charge is 2.34. The first-order chi connectivity index (χ1) is 17.4. The monoisotopic (exact) mass is 505 g/mol. The van der Waals surface area contributed by atoms with E-state index in [1.165, 1.54) is 17.4 Å². The normalized spacial score (nSPS) is 17.2. The summed E-state index contributed by atoms with van der Waals surface area (Å²) >= 11 is 1.24. The maximum absolute atomic E-state index is 13.3. The number of hydrogen-bond donors (Lipinski definition) is 2. The molecule has 4 amide bonds. The zero-order chi connectivity index (χ0) is 25.4. The zero-order valence-electron chi connectivity index (χ0n) is 20.1. The fraction of sp³-hybridized carbons (Fsp3) is 0.308. The fourth-order valence-electron chi connectivity index (χ4n) is 4.64. The molecular formula is C26H27N5O4S. The molecule has 186 valence electrons. The van der Waals surface area contributed by atoms with Crippen molar-refractivity contribution in [2.45, 2.75) is 38.8 Å². The van der Waals surface area contributed by atoms with E-state index < -0.39 is 0 Å². The van der Waals surface area contributed by atoms with E-state index in [0.717, 1.165) is 18.2 Å². The van der Waals surface area contributed by atoms with Crippen molar-refractivity contribution in [3.8, 4) is 5.75 Å². The van der Waals surface area contributed by atoms with Crippen molar-refractivity contribution in [3.63, 3.8) is 0 Å². The lowest BCUT2D eigenvalue weighted by Crippen LogP contribution is -2.49. The second-order valence-corrected chi connectivity index (χ2v) is 10.0. The van der Waals surface area contributed by atoms with Gasteiger partial charge in [0.2, 0.25) is 5.91 Å². The van der Waals surface area contributed by atoms with Crippen LogP contribution in [0, 0.1) is 0 Å². The molecule has 0 spiro atoms. The number of carbonyl (C=O) groups excluding carboxylic acids is 3. The molecule has 4 heterocycles. The number of hydrogen-bond acceptors (Lipinski definition) is 6. The van der Waals surface area contributed by atoms with Crippen molar-refractivity contribution < 1.29 is 19.1 Å². The Balaban J connectivity index is 1.46. The summed E-state index contributed by atoms with van der Waals surface area (Å²) in [4.78, 5) is 47.4. The van der Waals surface area contributed by atoms with Gasteiger partial charge in [0, 0.05) is 31.4 Å². The first kappa shape index (κ1) is 23.8. The Morgan fingerprint density at radius 3 is 2.94 bits per heavy atom. The Morgan fingerprint density at radius 1 is 1.33 bits per heavy atom. The van der Waals surface area contributed by atoms with Gasteiger partial charge < -0.3 is 20.3 Å². The smallest absolute Gasteiger partial charge is 0.331 e. The van der Waals surface area contributed by atoms with E-state index in [9.17, 15) is 14.4 Å². The third-order valence-corrected chi connectivity index (χ3v) is 7.24. The molecule has 1 aromatic carbocycles. The minimum atomic E-state index is -0.371. The number of benzene rings is 1. The summed E-state index contributed by atoms with van der Waals surface area (Å²) < 4.78 is 5.81. The predicted octanol–water partition coefficient (Wildman–Crippen LogP) is 4.67. The molecule has 0 aliphatic carbocycles. The Bertz CT molecular complexity index is 1370. The highest BCUT2D eigenvalue weighted by Crippen LogP contribution is 2.46. The van der Waals surface area contributed by atoms with Crippen molar-refractivity contribution in [2.75, 3.05) is 23.3 Å². The van der Waals surface area contributed by atoms with Gasteiger partial charge >= 0.3 is 6.03 Å². The minimum Gasteiger partial charge on any atom is -0.491 e. The maximum atomic E-state index is 13.3. The van der Waals surface area contributed by atoms with Crippen LogP contribution in [0.25, 0.3) is 10.2 Å². The number of likely N-dealkylation sites (tertiary alicyclic amines) is 1. The van der Waals surface area contributed by atoms with E-state index in [2.05, 4.69) is 22.2 Å².